The van der Waals surface area contributed by atoms with Gasteiger partial charge in [0.15, 0.2) is 0 Å². The minimum absolute atomic E-state index is 0.0770. The Morgan fingerprint density at radius 1 is 0.415 bits per heavy atom. The molecule has 0 spiro atoms. The number of aromatic amines is 4. The SMILES string of the molecule is CCOC(=O)C=C(c1ccccc1)c1cc(OC)c2cc[nH]c2c1.CCOC(=O)CC(c1ccccc1)c1cc(OC)c2cc[nH]c2c1.CNCCC(c1ccccc1)c1cc(OC)c2cc[nH]c2c1.CNOC(=O)CC(c1ccccc1)c1cc(OC)c2cc[nH]c2c1. The number of carbonyl (C=O) groups is 3. The summed E-state index contributed by atoms with van der Waals surface area (Å²) >= 11 is 0. The molecule has 0 fully saturated rings. The summed E-state index contributed by atoms with van der Waals surface area (Å²) in [5.41, 5.74) is 15.9. The fraction of sp³-hybridized carbons (Fsp3) is 0.218. The van der Waals surface area contributed by atoms with E-state index in [0.29, 0.717) is 25.6 Å². The Morgan fingerprint density at radius 3 is 1.18 bits per heavy atom. The molecule has 16 heteroatoms. The topological polar surface area (TPSA) is 203 Å². The highest BCUT2D eigenvalue weighted by Crippen LogP contribution is 2.39. The number of ether oxygens (including phenoxy) is 6. The quantitative estimate of drug-likeness (QED) is 0.0153. The molecule has 0 saturated heterocycles. The molecule has 3 unspecified atom stereocenters. The predicted octanol–water partition coefficient (Wildman–Crippen LogP) is 15.7. The van der Waals surface area contributed by atoms with Gasteiger partial charge < -0.3 is 58.5 Å². The fourth-order valence-electron chi connectivity index (χ4n) is 11.7. The van der Waals surface area contributed by atoms with Crippen LogP contribution in [-0.4, -0.2) is 100 Å². The van der Waals surface area contributed by atoms with Crippen LogP contribution in [0.3, 0.4) is 0 Å². The van der Waals surface area contributed by atoms with Crippen molar-refractivity contribution in [2.24, 2.45) is 0 Å². The minimum atomic E-state index is -0.359. The highest BCUT2D eigenvalue weighted by Gasteiger charge is 2.24. The van der Waals surface area contributed by atoms with E-state index in [1.807, 2.05) is 172 Å². The van der Waals surface area contributed by atoms with Crippen molar-refractivity contribution in [2.45, 2.75) is 50.9 Å². The molecule has 0 aliphatic rings. The maximum atomic E-state index is 12.1. The Kier molecular flexibility index (Phi) is 24.5. The van der Waals surface area contributed by atoms with Crippen molar-refractivity contribution in [1.82, 2.24) is 30.7 Å². The number of carbonyl (C=O) groups excluding carboxylic acids is 3. The van der Waals surface area contributed by atoms with Gasteiger partial charge in [0.2, 0.25) is 0 Å². The van der Waals surface area contributed by atoms with Gasteiger partial charge in [0.25, 0.3) is 0 Å². The summed E-state index contributed by atoms with van der Waals surface area (Å²) in [6.45, 7) is 5.33. The number of rotatable bonds is 23. The van der Waals surface area contributed by atoms with Crippen molar-refractivity contribution in [3.05, 3.63) is 269 Å². The summed E-state index contributed by atoms with van der Waals surface area (Å²) in [4.78, 5) is 54.0. The first-order valence-corrected chi connectivity index (χ1v) is 31.4. The molecular formula is C78H82N6O10. The third kappa shape index (κ3) is 17.2. The van der Waals surface area contributed by atoms with Gasteiger partial charge in [-0.1, -0.05) is 121 Å². The van der Waals surface area contributed by atoms with Crippen LogP contribution in [0.1, 0.15) is 95.4 Å². The molecule has 0 aliphatic carbocycles. The molecule has 8 aromatic carbocycles. The van der Waals surface area contributed by atoms with Crippen LogP contribution in [0.25, 0.3) is 49.2 Å². The van der Waals surface area contributed by atoms with Crippen molar-refractivity contribution < 1.29 is 47.6 Å². The Hall–Kier alpha value is -10.8. The van der Waals surface area contributed by atoms with Gasteiger partial charge in [-0.05, 0) is 157 Å². The summed E-state index contributed by atoms with van der Waals surface area (Å²) in [7, 11) is 10.3. The van der Waals surface area contributed by atoms with Crippen LogP contribution in [0.5, 0.6) is 23.0 Å². The molecule has 16 nitrogen and oxygen atoms in total. The van der Waals surface area contributed by atoms with E-state index in [2.05, 4.69) is 91.4 Å². The zero-order valence-corrected chi connectivity index (χ0v) is 54.4. The van der Waals surface area contributed by atoms with Crippen LogP contribution in [0, 0.1) is 0 Å². The molecule has 6 N–H and O–H groups in total. The van der Waals surface area contributed by atoms with Gasteiger partial charge >= 0.3 is 17.9 Å². The summed E-state index contributed by atoms with van der Waals surface area (Å²) in [6.07, 6.45) is 10.7. The molecule has 12 aromatic rings. The highest BCUT2D eigenvalue weighted by atomic mass is 16.7. The van der Waals surface area contributed by atoms with Gasteiger partial charge in [0.05, 0.1) is 54.5 Å². The van der Waals surface area contributed by atoms with Crippen LogP contribution in [-0.2, 0) is 28.7 Å². The number of H-pyrrole nitrogens is 4. The molecule has 94 heavy (non-hydrogen) atoms. The van der Waals surface area contributed by atoms with Crippen LogP contribution in [0.15, 0.2) is 225 Å². The van der Waals surface area contributed by atoms with Crippen molar-refractivity contribution in [3.63, 3.8) is 0 Å². The van der Waals surface area contributed by atoms with Crippen molar-refractivity contribution in [1.29, 1.82) is 0 Å². The molecule has 0 amide bonds. The number of hydrogen-bond acceptors (Lipinski definition) is 12. The maximum absolute atomic E-state index is 12.1. The molecular weight excluding hydrogens is 1180 g/mol. The Labute approximate surface area is 548 Å². The van der Waals surface area contributed by atoms with Crippen LogP contribution in [0.4, 0.5) is 0 Å². The smallest absolute Gasteiger partial charge is 0.331 e. The van der Waals surface area contributed by atoms with E-state index in [9.17, 15) is 14.4 Å². The molecule has 0 radical (unpaired) electrons. The molecule has 12 rings (SSSR count). The molecule has 484 valence electrons. The highest BCUT2D eigenvalue weighted by molar-refractivity contribution is 5.99. The van der Waals surface area contributed by atoms with Gasteiger partial charge in [-0.2, -0.15) is 5.48 Å². The number of hydrogen-bond donors (Lipinski definition) is 6. The standard InChI is InChI=1S/C20H21NO3.C20H19NO3.C19H20N2O3.C19H22N2O/c2*1-3-24-20(22)13-17(14-7-5-4-6-8-14)15-11-18-16(9-10-21-18)19(12-15)23-2;1-20-24-19(22)12-16(13-6-4-3-5-7-13)14-10-17-15(8-9-21-17)18(11-14)23-2;1-20-10-8-16(14-6-4-3-5-7-14)15-12-18-17(9-11-21-18)19(13-15)22-2/h4-12,17,21H,3,13H2,1-2H3;4-13,21H,3H2,1-2H3;3-11,16,20-21H,12H2,1-2H3;3-7,9,11-13,16,20-21H,8,10H2,1-2H3. The van der Waals surface area contributed by atoms with Gasteiger partial charge in [0, 0.05) is 99.3 Å². The third-order valence-corrected chi connectivity index (χ3v) is 16.2. The van der Waals surface area contributed by atoms with Crippen LogP contribution < -0.4 is 29.7 Å². The molecule has 3 atom stereocenters. The minimum Gasteiger partial charge on any atom is -0.496 e. The van der Waals surface area contributed by atoms with Gasteiger partial charge in [0.1, 0.15) is 23.0 Å². The molecule has 0 aliphatic heterocycles. The van der Waals surface area contributed by atoms with E-state index >= 15 is 0 Å². The number of aromatic nitrogens is 4. The van der Waals surface area contributed by atoms with Gasteiger partial charge in [-0.25, -0.2) is 4.79 Å². The predicted molar refractivity (Wildman–Crippen MR) is 374 cm³/mol. The Balaban J connectivity index is 0.000000148. The van der Waals surface area contributed by atoms with Crippen molar-refractivity contribution >= 4 is 67.1 Å². The van der Waals surface area contributed by atoms with E-state index < -0.39 is 0 Å². The first-order valence-electron chi connectivity index (χ1n) is 31.4. The largest absolute Gasteiger partial charge is 0.496 e. The Morgan fingerprint density at radius 2 is 0.787 bits per heavy atom. The third-order valence-electron chi connectivity index (χ3n) is 16.2. The molecule has 4 heterocycles. The molecule has 0 saturated carbocycles. The number of hydroxylamine groups is 1. The first-order chi connectivity index (χ1) is 46.0. The number of esters is 2. The first kappa shape index (κ1) is 67.6. The second-order valence-corrected chi connectivity index (χ2v) is 22.0. The van der Waals surface area contributed by atoms with Crippen LogP contribution in [0.2, 0.25) is 0 Å². The monoisotopic (exact) mass is 1260 g/mol. The van der Waals surface area contributed by atoms with E-state index in [-0.39, 0.29) is 36.2 Å². The van der Waals surface area contributed by atoms with Crippen molar-refractivity contribution in [2.75, 3.05) is 62.3 Å². The number of benzene rings is 8. The van der Waals surface area contributed by atoms with Gasteiger partial charge in [-0.15, -0.1) is 0 Å². The summed E-state index contributed by atoms with van der Waals surface area (Å²) in [5.74, 6) is 2.57. The van der Waals surface area contributed by atoms with E-state index in [1.165, 1.54) is 17.2 Å². The summed E-state index contributed by atoms with van der Waals surface area (Å²) < 4.78 is 32.4. The lowest BCUT2D eigenvalue weighted by Crippen LogP contribution is -2.18. The number of methoxy groups -OCH3 is 4. The second kappa shape index (κ2) is 34.0. The molecule has 4 aromatic heterocycles. The average molecular weight is 1260 g/mol. The van der Waals surface area contributed by atoms with E-state index in [0.717, 1.165) is 119 Å². The summed E-state index contributed by atoms with van der Waals surface area (Å²) in [6, 6.07) is 64.9. The van der Waals surface area contributed by atoms with Crippen LogP contribution >= 0.6 is 0 Å². The Bertz CT molecular complexity index is 4250. The van der Waals surface area contributed by atoms with E-state index in [1.54, 1.807) is 42.4 Å². The second-order valence-electron chi connectivity index (χ2n) is 22.0. The van der Waals surface area contributed by atoms with Gasteiger partial charge in [-0.3, -0.25) is 9.59 Å². The number of fused-ring (bicyclic) bond motifs is 4. The molecule has 0 bridgehead atoms. The van der Waals surface area contributed by atoms with E-state index in [4.69, 9.17) is 33.3 Å². The lowest BCUT2D eigenvalue weighted by molar-refractivity contribution is -0.150. The zero-order chi connectivity index (χ0) is 66.2. The lowest BCUT2D eigenvalue weighted by Gasteiger charge is -2.19. The normalized spacial score (nSPS) is 12.0. The average Bonchev–Trinajstić information content (AvgIpc) is 1.46. The zero-order valence-electron chi connectivity index (χ0n) is 54.4. The lowest BCUT2D eigenvalue weighted by atomic mass is 9.88. The maximum Gasteiger partial charge on any atom is 0.331 e. The fourth-order valence-corrected chi connectivity index (χ4v) is 11.7. The summed E-state index contributed by atoms with van der Waals surface area (Å²) in [5, 5.41) is 7.45. The van der Waals surface area contributed by atoms with Crippen molar-refractivity contribution in [3.8, 4) is 23.0 Å². The number of nitrogens with one attached hydrogen (secondary N) is 6.